The first-order valence-electron chi connectivity index (χ1n) is 7.96. The van der Waals surface area contributed by atoms with E-state index in [2.05, 4.69) is 4.99 Å². The lowest BCUT2D eigenvalue weighted by atomic mass is 10.1. The second-order valence-electron chi connectivity index (χ2n) is 6.24. The van der Waals surface area contributed by atoms with Gasteiger partial charge in [0.1, 0.15) is 6.42 Å². The molecule has 2 atom stereocenters. The molecule has 0 aliphatic carbocycles. The molecule has 0 aromatic heterocycles. The molecule has 10 heteroatoms. The van der Waals surface area contributed by atoms with E-state index in [4.69, 9.17) is 14.7 Å². The Hall–Kier alpha value is -2.25. The highest BCUT2D eigenvalue weighted by Gasteiger charge is 2.48. The number of nitrogens with zero attached hydrogens (tertiary/aromatic N) is 3. The Morgan fingerprint density at radius 3 is 2.96 bits per heavy atom. The van der Waals surface area contributed by atoms with E-state index in [0.717, 1.165) is 5.56 Å². The van der Waals surface area contributed by atoms with E-state index >= 15 is 0 Å². The minimum Gasteiger partial charge on any atom is -0.454 e. The Labute approximate surface area is 154 Å². The Morgan fingerprint density at radius 2 is 2.15 bits per heavy atom. The summed E-state index contributed by atoms with van der Waals surface area (Å²) in [5.74, 6) is 0.910. The number of rotatable bonds is 3. The first-order valence-corrected chi connectivity index (χ1v) is 10.7. The van der Waals surface area contributed by atoms with Crippen LogP contribution < -0.4 is 9.47 Å². The van der Waals surface area contributed by atoms with Gasteiger partial charge in [0, 0.05) is 11.8 Å². The van der Waals surface area contributed by atoms with Gasteiger partial charge >= 0.3 is 0 Å². The number of thioether (sulfide) groups is 1. The van der Waals surface area contributed by atoms with Crippen LogP contribution in [0.25, 0.3) is 0 Å². The van der Waals surface area contributed by atoms with Crippen LogP contribution in [0.2, 0.25) is 0 Å². The van der Waals surface area contributed by atoms with Crippen molar-refractivity contribution in [2.75, 3.05) is 18.3 Å². The van der Waals surface area contributed by atoms with Crippen LogP contribution in [0.5, 0.6) is 11.5 Å². The van der Waals surface area contributed by atoms with E-state index in [1.165, 1.54) is 11.8 Å². The number of nitriles is 1. The van der Waals surface area contributed by atoms with Gasteiger partial charge in [0.05, 0.1) is 23.6 Å². The first kappa shape index (κ1) is 17.2. The summed E-state index contributed by atoms with van der Waals surface area (Å²) in [5, 5.41) is 8.99. The maximum Gasteiger partial charge on any atom is 0.262 e. The number of hydrogen-bond acceptors (Lipinski definition) is 7. The Bertz CT molecular complexity index is 938. The Balaban J connectivity index is 1.62. The SMILES string of the molecule is N#CCC(=O)N=C1S[C@@H]2CS(=O)(=O)C[C@@H]2N1Cc1ccc2c(c1)OCO2. The highest BCUT2D eigenvalue weighted by molar-refractivity contribution is 8.15. The fraction of sp³-hybridized carbons (Fsp3) is 0.438. The quantitative estimate of drug-likeness (QED) is 0.746. The van der Waals surface area contributed by atoms with Crippen LogP contribution in [-0.2, 0) is 21.2 Å². The molecule has 1 aromatic carbocycles. The third kappa shape index (κ3) is 3.24. The smallest absolute Gasteiger partial charge is 0.262 e. The molecule has 1 aromatic rings. The number of benzene rings is 1. The standard InChI is InChI=1S/C16H15N3O5S2/c17-4-3-15(20)18-16-19(11-7-26(21,22)8-14(11)25-16)6-10-1-2-12-13(5-10)24-9-23-12/h1-2,5,11,14H,3,6-9H2/t11-,14+/m0/s1. The molecular weight excluding hydrogens is 378 g/mol. The van der Waals surface area contributed by atoms with Crippen molar-refractivity contribution in [1.29, 1.82) is 5.26 Å². The second-order valence-corrected chi connectivity index (χ2v) is 9.60. The molecule has 4 rings (SSSR count). The highest BCUT2D eigenvalue weighted by Crippen LogP contribution is 2.40. The van der Waals surface area contributed by atoms with Gasteiger partial charge in [0.15, 0.2) is 26.5 Å². The van der Waals surface area contributed by atoms with Crippen LogP contribution in [0.4, 0.5) is 0 Å². The van der Waals surface area contributed by atoms with Crippen molar-refractivity contribution in [3.8, 4) is 17.6 Å². The second kappa shape index (κ2) is 6.48. The molecule has 1 amide bonds. The molecule has 3 aliphatic heterocycles. The predicted molar refractivity (Wildman–Crippen MR) is 94.6 cm³/mol. The normalized spacial score (nSPS) is 26.7. The van der Waals surface area contributed by atoms with Crippen molar-refractivity contribution in [2.24, 2.45) is 4.99 Å². The van der Waals surface area contributed by atoms with Gasteiger partial charge < -0.3 is 14.4 Å². The summed E-state index contributed by atoms with van der Waals surface area (Å²) in [4.78, 5) is 17.7. The van der Waals surface area contributed by atoms with Crippen molar-refractivity contribution in [2.45, 2.75) is 24.3 Å². The van der Waals surface area contributed by atoms with E-state index < -0.39 is 15.7 Å². The van der Waals surface area contributed by atoms with E-state index in [0.29, 0.717) is 23.2 Å². The van der Waals surface area contributed by atoms with Gasteiger partial charge in [0.25, 0.3) is 5.91 Å². The Kier molecular flexibility index (Phi) is 4.28. The van der Waals surface area contributed by atoms with Crippen LogP contribution in [0, 0.1) is 11.3 Å². The van der Waals surface area contributed by atoms with Crippen molar-refractivity contribution in [1.82, 2.24) is 4.90 Å². The van der Waals surface area contributed by atoms with Gasteiger partial charge in [-0.1, -0.05) is 17.8 Å². The third-order valence-corrected chi connectivity index (χ3v) is 7.66. The summed E-state index contributed by atoms with van der Waals surface area (Å²) in [6.45, 7) is 0.579. The van der Waals surface area contributed by atoms with E-state index in [9.17, 15) is 13.2 Å². The first-order chi connectivity index (χ1) is 12.4. The number of aliphatic imine (C=N–C) groups is 1. The number of amidine groups is 1. The minimum atomic E-state index is -3.10. The van der Waals surface area contributed by atoms with Crippen molar-refractivity contribution < 1.29 is 22.7 Å². The number of hydrogen-bond donors (Lipinski definition) is 0. The largest absolute Gasteiger partial charge is 0.454 e. The van der Waals surface area contributed by atoms with Crippen LogP contribution in [0.15, 0.2) is 23.2 Å². The number of fused-ring (bicyclic) bond motifs is 2. The van der Waals surface area contributed by atoms with Crippen LogP contribution >= 0.6 is 11.8 Å². The fourth-order valence-electron chi connectivity index (χ4n) is 3.27. The van der Waals surface area contributed by atoms with Gasteiger partial charge in [-0.15, -0.1) is 0 Å². The summed E-state index contributed by atoms with van der Waals surface area (Å²) < 4.78 is 34.7. The van der Waals surface area contributed by atoms with Crippen LogP contribution in [-0.4, -0.2) is 54.0 Å². The summed E-state index contributed by atoms with van der Waals surface area (Å²) in [6, 6.07) is 7.09. The van der Waals surface area contributed by atoms with Gasteiger partial charge in [0.2, 0.25) is 6.79 Å². The van der Waals surface area contributed by atoms with Crippen LogP contribution in [0.3, 0.4) is 0 Å². The number of carbonyl (C=O) groups excluding carboxylic acids is 1. The number of ether oxygens (including phenoxy) is 2. The zero-order valence-electron chi connectivity index (χ0n) is 13.6. The third-order valence-electron chi connectivity index (χ3n) is 4.42. The van der Waals surface area contributed by atoms with Crippen LogP contribution in [0.1, 0.15) is 12.0 Å². The summed E-state index contributed by atoms with van der Waals surface area (Å²) in [6.07, 6.45) is -0.296. The maximum atomic E-state index is 12.0. The van der Waals surface area contributed by atoms with Gasteiger partial charge in [-0.25, -0.2) is 8.42 Å². The monoisotopic (exact) mass is 393 g/mol. The molecule has 3 aliphatic rings. The molecule has 0 bridgehead atoms. The highest BCUT2D eigenvalue weighted by atomic mass is 32.2. The molecule has 0 unspecified atom stereocenters. The molecule has 0 saturated carbocycles. The molecule has 2 fully saturated rings. The average molecular weight is 393 g/mol. The lowest BCUT2D eigenvalue weighted by Gasteiger charge is -2.24. The Morgan fingerprint density at radius 1 is 1.35 bits per heavy atom. The van der Waals surface area contributed by atoms with Gasteiger partial charge in [-0.2, -0.15) is 10.3 Å². The molecule has 0 radical (unpaired) electrons. The molecule has 0 N–H and O–H groups in total. The van der Waals surface area contributed by atoms with E-state index in [1.54, 1.807) is 12.1 Å². The lowest BCUT2D eigenvalue weighted by molar-refractivity contribution is -0.116. The van der Waals surface area contributed by atoms with E-state index in [1.807, 2.05) is 17.0 Å². The summed E-state index contributed by atoms with van der Waals surface area (Å²) >= 11 is 1.30. The zero-order chi connectivity index (χ0) is 18.3. The fourth-order valence-corrected chi connectivity index (χ4v) is 7.24. The zero-order valence-corrected chi connectivity index (χ0v) is 15.3. The van der Waals surface area contributed by atoms with Gasteiger partial charge in [-0.3, -0.25) is 4.79 Å². The molecule has 2 saturated heterocycles. The average Bonchev–Trinajstić information content (AvgIpc) is 3.22. The molecule has 3 heterocycles. The topological polar surface area (TPSA) is 109 Å². The number of carbonyl (C=O) groups is 1. The summed E-state index contributed by atoms with van der Waals surface area (Å²) in [7, 11) is -3.10. The van der Waals surface area contributed by atoms with Gasteiger partial charge in [-0.05, 0) is 17.7 Å². The predicted octanol–water partition coefficient (Wildman–Crippen LogP) is 0.926. The number of amides is 1. The molecule has 136 valence electrons. The lowest BCUT2D eigenvalue weighted by Crippen LogP contribution is -2.37. The summed E-state index contributed by atoms with van der Waals surface area (Å²) in [5.41, 5.74) is 0.903. The van der Waals surface area contributed by atoms with Crippen molar-refractivity contribution in [3.63, 3.8) is 0 Å². The molecular formula is C16H15N3O5S2. The molecule has 8 nitrogen and oxygen atoms in total. The molecule has 0 spiro atoms. The van der Waals surface area contributed by atoms with Crippen molar-refractivity contribution in [3.05, 3.63) is 23.8 Å². The molecule has 26 heavy (non-hydrogen) atoms. The number of sulfone groups is 1. The van der Waals surface area contributed by atoms with E-state index in [-0.39, 0.29) is 36.0 Å². The maximum absolute atomic E-state index is 12.0. The van der Waals surface area contributed by atoms with Crippen molar-refractivity contribution >= 4 is 32.7 Å². The minimum absolute atomic E-state index is 0.0423.